The van der Waals surface area contributed by atoms with E-state index in [0.717, 1.165) is 12.1 Å². The summed E-state index contributed by atoms with van der Waals surface area (Å²) in [4.78, 5) is 12.9. The fraction of sp³-hybridized carbons (Fsp3) is 0.611. The molecule has 0 aliphatic carbocycles. The molecule has 4 nitrogen and oxygen atoms in total. The number of carbonyl (C=O) groups is 1. The highest BCUT2D eigenvalue weighted by atomic mass is 35.5. The Labute approximate surface area is 145 Å². The summed E-state index contributed by atoms with van der Waals surface area (Å²) in [6.45, 7) is 9.88. The topological polar surface area (TPSA) is 60.8 Å². The molecule has 132 valence electrons. The van der Waals surface area contributed by atoms with Crippen LogP contribution in [0.4, 0.5) is 0 Å². The van der Waals surface area contributed by atoms with Gasteiger partial charge in [0.15, 0.2) is 0 Å². The number of piperidine rings is 1. The van der Waals surface area contributed by atoms with Crippen LogP contribution in [0.1, 0.15) is 56.0 Å². The monoisotopic (exact) mass is 343 g/mol. The van der Waals surface area contributed by atoms with E-state index in [4.69, 9.17) is 10.2 Å². The Kier molecular flexibility index (Phi) is 10.1. The number of carboxylic acids is 1. The molecule has 1 aliphatic rings. The first-order valence-electron chi connectivity index (χ1n) is 8.01. The molecule has 1 aromatic carbocycles. The van der Waals surface area contributed by atoms with Crippen molar-refractivity contribution in [1.29, 1.82) is 0 Å². The van der Waals surface area contributed by atoms with Gasteiger partial charge >= 0.3 is 5.97 Å². The highest BCUT2D eigenvalue weighted by molar-refractivity contribution is 5.87. The average Bonchev–Trinajstić information content (AvgIpc) is 2.48. The number of aliphatic hydroxyl groups is 1. The van der Waals surface area contributed by atoms with E-state index in [0.29, 0.717) is 12.2 Å². The van der Waals surface area contributed by atoms with Crippen LogP contribution in [-0.2, 0) is 5.41 Å². The van der Waals surface area contributed by atoms with Gasteiger partial charge in [-0.15, -0.1) is 12.4 Å². The first-order valence-corrected chi connectivity index (χ1v) is 8.01. The van der Waals surface area contributed by atoms with Gasteiger partial charge in [0, 0.05) is 6.54 Å². The maximum atomic E-state index is 10.6. The van der Waals surface area contributed by atoms with Crippen molar-refractivity contribution in [3.8, 4) is 0 Å². The maximum Gasteiger partial charge on any atom is 0.335 e. The summed E-state index contributed by atoms with van der Waals surface area (Å²) < 4.78 is 0. The van der Waals surface area contributed by atoms with Crippen LogP contribution in [0.3, 0.4) is 0 Å². The van der Waals surface area contributed by atoms with Crippen LogP contribution in [0.25, 0.3) is 0 Å². The van der Waals surface area contributed by atoms with Gasteiger partial charge in [-0.2, -0.15) is 0 Å². The maximum absolute atomic E-state index is 10.6. The number of nitrogens with zero attached hydrogens (tertiary/aromatic N) is 1. The zero-order valence-electron chi connectivity index (χ0n) is 14.4. The molecule has 1 aromatic rings. The smallest absolute Gasteiger partial charge is 0.335 e. The van der Waals surface area contributed by atoms with E-state index in [1.54, 1.807) is 12.1 Å². The molecule has 1 aliphatic heterocycles. The molecule has 0 atom stereocenters. The summed E-state index contributed by atoms with van der Waals surface area (Å²) in [6, 6.07) is 7.01. The summed E-state index contributed by atoms with van der Waals surface area (Å²) in [5.74, 6) is -0.875. The molecule has 2 rings (SSSR count). The lowest BCUT2D eigenvalue weighted by atomic mass is 9.87. The lowest BCUT2D eigenvalue weighted by Gasteiger charge is -2.25. The van der Waals surface area contributed by atoms with Crippen molar-refractivity contribution in [2.24, 2.45) is 0 Å². The average molecular weight is 344 g/mol. The molecule has 1 saturated heterocycles. The van der Waals surface area contributed by atoms with Gasteiger partial charge in [0.2, 0.25) is 0 Å². The lowest BCUT2D eigenvalue weighted by molar-refractivity contribution is 0.0697. The molecule has 0 unspecified atom stereocenters. The predicted octanol–water partition coefficient (Wildman–Crippen LogP) is 3.57. The van der Waals surface area contributed by atoms with Gasteiger partial charge in [0.1, 0.15) is 0 Å². The number of β-amino-alcohol motifs (C(OH)–C–C–N with tert-alkyl or cyclic N) is 1. The minimum atomic E-state index is -0.875. The number of carboxylic acid groups (broad SMARTS) is 1. The van der Waals surface area contributed by atoms with Gasteiger partial charge in [-0.1, -0.05) is 39.3 Å². The first kappa shape index (κ1) is 21.9. The lowest BCUT2D eigenvalue weighted by Crippen LogP contribution is -2.31. The number of hydrogen-bond acceptors (Lipinski definition) is 3. The summed E-state index contributed by atoms with van der Waals surface area (Å²) in [6.07, 6.45) is 4.02. The van der Waals surface area contributed by atoms with Crippen molar-refractivity contribution < 1.29 is 15.0 Å². The number of rotatable bonds is 3. The van der Waals surface area contributed by atoms with Crippen molar-refractivity contribution in [2.75, 3.05) is 26.2 Å². The normalized spacial score (nSPS) is 15.1. The third-order valence-electron chi connectivity index (χ3n) is 3.86. The van der Waals surface area contributed by atoms with Crippen molar-refractivity contribution in [2.45, 2.75) is 45.4 Å². The molecule has 1 heterocycles. The molecule has 1 fully saturated rings. The van der Waals surface area contributed by atoms with Crippen molar-refractivity contribution in [3.05, 3.63) is 35.4 Å². The SMILES string of the molecule is CC(C)(C)c1ccc(C(=O)O)cc1.Cl.OCCN1CCCCC1. The molecular weight excluding hydrogens is 314 g/mol. The molecular formula is C18H30ClNO3. The second-order valence-electron chi connectivity index (χ2n) is 6.76. The Bertz CT molecular complexity index is 446. The zero-order chi connectivity index (χ0) is 16.6. The molecule has 0 radical (unpaired) electrons. The highest BCUT2D eigenvalue weighted by Gasteiger charge is 2.13. The molecule has 0 bridgehead atoms. The molecule has 0 aromatic heterocycles. The van der Waals surface area contributed by atoms with E-state index in [2.05, 4.69) is 25.7 Å². The van der Waals surface area contributed by atoms with E-state index >= 15 is 0 Å². The molecule has 0 amide bonds. The van der Waals surface area contributed by atoms with E-state index in [1.165, 1.54) is 32.4 Å². The van der Waals surface area contributed by atoms with E-state index < -0.39 is 5.97 Å². The number of aliphatic hydroxyl groups excluding tert-OH is 1. The second-order valence-corrected chi connectivity index (χ2v) is 6.76. The fourth-order valence-corrected chi connectivity index (χ4v) is 2.44. The quantitative estimate of drug-likeness (QED) is 0.880. The minimum absolute atomic E-state index is 0. The Balaban J connectivity index is 0.000000427. The Morgan fingerprint density at radius 3 is 2.00 bits per heavy atom. The molecule has 23 heavy (non-hydrogen) atoms. The van der Waals surface area contributed by atoms with Gasteiger partial charge in [-0.05, 0) is 49.0 Å². The van der Waals surface area contributed by atoms with Gasteiger partial charge in [0.25, 0.3) is 0 Å². The van der Waals surface area contributed by atoms with Gasteiger partial charge in [-0.25, -0.2) is 4.79 Å². The minimum Gasteiger partial charge on any atom is -0.478 e. The number of likely N-dealkylation sites (tertiary alicyclic amines) is 1. The van der Waals surface area contributed by atoms with Gasteiger partial charge in [0.05, 0.1) is 12.2 Å². The van der Waals surface area contributed by atoms with Gasteiger partial charge < -0.3 is 15.1 Å². The van der Waals surface area contributed by atoms with Crippen LogP contribution in [0.2, 0.25) is 0 Å². The van der Waals surface area contributed by atoms with Crippen LogP contribution in [0, 0.1) is 0 Å². The Morgan fingerprint density at radius 1 is 1.09 bits per heavy atom. The molecule has 2 N–H and O–H groups in total. The number of halogens is 1. The van der Waals surface area contributed by atoms with Crippen molar-refractivity contribution >= 4 is 18.4 Å². The summed E-state index contributed by atoms with van der Waals surface area (Å²) in [5.41, 5.74) is 1.57. The van der Waals surface area contributed by atoms with Crippen molar-refractivity contribution in [1.82, 2.24) is 4.90 Å². The fourth-order valence-electron chi connectivity index (χ4n) is 2.44. The van der Waals surface area contributed by atoms with Crippen molar-refractivity contribution in [3.63, 3.8) is 0 Å². The van der Waals surface area contributed by atoms with Crippen LogP contribution in [0.15, 0.2) is 24.3 Å². The Morgan fingerprint density at radius 2 is 1.61 bits per heavy atom. The third kappa shape index (κ3) is 8.35. The highest BCUT2D eigenvalue weighted by Crippen LogP contribution is 2.22. The summed E-state index contributed by atoms with van der Waals surface area (Å²) in [5, 5.41) is 17.3. The van der Waals surface area contributed by atoms with E-state index in [9.17, 15) is 4.79 Å². The van der Waals surface area contributed by atoms with Gasteiger partial charge in [-0.3, -0.25) is 0 Å². The zero-order valence-corrected chi connectivity index (χ0v) is 15.2. The Hall–Kier alpha value is -1.10. The summed E-state index contributed by atoms with van der Waals surface area (Å²) in [7, 11) is 0. The largest absolute Gasteiger partial charge is 0.478 e. The second kappa shape index (κ2) is 10.6. The molecule has 5 heteroatoms. The van der Waals surface area contributed by atoms with Crippen LogP contribution >= 0.6 is 12.4 Å². The molecule has 0 saturated carbocycles. The summed E-state index contributed by atoms with van der Waals surface area (Å²) >= 11 is 0. The van der Waals surface area contributed by atoms with Crippen LogP contribution < -0.4 is 0 Å². The third-order valence-corrected chi connectivity index (χ3v) is 3.86. The number of hydrogen-bond donors (Lipinski definition) is 2. The van der Waals surface area contributed by atoms with E-state index in [-0.39, 0.29) is 17.8 Å². The standard InChI is InChI=1S/C11H14O2.C7H15NO.ClH/c1-11(2,3)9-6-4-8(5-7-9)10(12)13;9-7-6-8-4-2-1-3-5-8;/h4-7H,1-3H3,(H,12,13);9H,1-7H2;1H. The molecule has 0 spiro atoms. The predicted molar refractivity (Wildman–Crippen MR) is 96.7 cm³/mol. The van der Waals surface area contributed by atoms with E-state index in [1.807, 2.05) is 12.1 Å². The first-order chi connectivity index (χ1) is 10.3. The number of benzene rings is 1. The van der Waals surface area contributed by atoms with Crippen LogP contribution in [0.5, 0.6) is 0 Å². The van der Waals surface area contributed by atoms with Crippen LogP contribution in [-0.4, -0.2) is 47.3 Å². The number of aromatic carboxylic acids is 1.